The zero-order valence-electron chi connectivity index (χ0n) is 14.4. The molecule has 3 rings (SSSR count). The second-order valence-electron chi connectivity index (χ2n) is 6.35. The molecule has 7 nitrogen and oxygen atoms in total. The van der Waals surface area contributed by atoms with Crippen molar-refractivity contribution in [1.29, 1.82) is 0 Å². The van der Waals surface area contributed by atoms with Gasteiger partial charge in [-0.25, -0.2) is 14.8 Å². The van der Waals surface area contributed by atoms with Crippen molar-refractivity contribution in [3.8, 4) is 10.6 Å². The molecule has 0 spiro atoms. The minimum absolute atomic E-state index is 0.297. The molecule has 0 radical (unpaired) electrons. The number of nitrogens with one attached hydrogen (secondary N) is 2. The summed E-state index contributed by atoms with van der Waals surface area (Å²) in [6.07, 6.45) is 1.67. The summed E-state index contributed by atoms with van der Waals surface area (Å²) in [5, 5.41) is 5.42. The third-order valence-corrected chi connectivity index (χ3v) is 6.29. The first-order valence-electron chi connectivity index (χ1n) is 7.86. The number of anilines is 1. The van der Waals surface area contributed by atoms with Crippen molar-refractivity contribution >= 4 is 56.8 Å². The molecule has 2 aromatic rings. The molecule has 3 amide bonds. The van der Waals surface area contributed by atoms with E-state index in [9.17, 15) is 9.59 Å². The maximum absolute atomic E-state index is 11.9. The molecular formula is C16H17BrClN5O2S. The number of urea groups is 1. The lowest BCUT2D eigenvalue weighted by Gasteiger charge is -2.27. The van der Waals surface area contributed by atoms with Gasteiger partial charge in [0.05, 0.1) is 13.7 Å². The van der Waals surface area contributed by atoms with Crippen LogP contribution in [0.3, 0.4) is 0 Å². The van der Waals surface area contributed by atoms with Crippen LogP contribution >= 0.6 is 38.9 Å². The van der Waals surface area contributed by atoms with Crippen LogP contribution in [0.15, 0.2) is 16.7 Å². The van der Waals surface area contributed by atoms with Crippen molar-refractivity contribution in [2.75, 3.05) is 18.4 Å². The SMILES string of the molecule is Cc1cc(-c2nc(NCCN3C(=O)NC(=O)C3(C)C)ncc2Br)sc1Cl. The molecule has 0 unspecified atom stereocenters. The van der Waals surface area contributed by atoms with Crippen LogP contribution in [-0.2, 0) is 4.79 Å². The average molecular weight is 459 g/mol. The van der Waals surface area contributed by atoms with Gasteiger partial charge in [-0.2, -0.15) is 0 Å². The molecule has 26 heavy (non-hydrogen) atoms. The number of rotatable bonds is 5. The van der Waals surface area contributed by atoms with Gasteiger partial charge in [0, 0.05) is 19.3 Å². The fourth-order valence-corrected chi connectivity index (χ4v) is 4.30. The van der Waals surface area contributed by atoms with E-state index in [-0.39, 0.29) is 11.9 Å². The van der Waals surface area contributed by atoms with E-state index in [4.69, 9.17) is 11.6 Å². The third-order valence-electron chi connectivity index (χ3n) is 4.15. The van der Waals surface area contributed by atoms with E-state index in [1.165, 1.54) is 16.2 Å². The number of carbonyl (C=O) groups excluding carboxylic acids is 2. The summed E-state index contributed by atoms with van der Waals surface area (Å²) in [6.45, 7) is 6.13. The maximum atomic E-state index is 11.9. The fourth-order valence-electron chi connectivity index (χ4n) is 2.56. The molecule has 0 aliphatic carbocycles. The summed E-state index contributed by atoms with van der Waals surface area (Å²) in [5.41, 5.74) is 0.881. The van der Waals surface area contributed by atoms with Gasteiger partial charge in [-0.05, 0) is 48.3 Å². The van der Waals surface area contributed by atoms with Crippen LogP contribution in [0.2, 0.25) is 4.34 Å². The van der Waals surface area contributed by atoms with Gasteiger partial charge in [0.1, 0.15) is 11.2 Å². The van der Waals surface area contributed by atoms with Gasteiger partial charge in [-0.1, -0.05) is 11.6 Å². The molecule has 0 aromatic carbocycles. The quantitative estimate of drug-likeness (QED) is 0.668. The molecule has 1 saturated heterocycles. The van der Waals surface area contributed by atoms with Gasteiger partial charge >= 0.3 is 6.03 Å². The number of aryl methyl sites for hydroxylation is 1. The zero-order valence-corrected chi connectivity index (χ0v) is 17.5. The normalized spacial score (nSPS) is 16.1. The highest BCUT2D eigenvalue weighted by atomic mass is 79.9. The van der Waals surface area contributed by atoms with Gasteiger partial charge < -0.3 is 10.2 Å². The van der Waals surface area contributed by atoms with Gasteiger partial charge in [0.15, 0.2) is 0 Å². The van der Waals surface area contributed by atoms with Gasteiger partial charge in [-0.3, -0.25) is 10.1 Å². The van der Waals surface area contributed by atoms with Crippen LogP contribution in [-0.4, -0.2) is 45.4 Å². The molecule has 1 aliphatic rings. The van der Waals surface area contributed by atoms with Crippen LogP contribution in [0, 0.1) is 6.92 Å². The van der Waals surface area contributed by atoms with Gasteiger partial charge in [0.2, 0.25) is 5.95 Å². The second-order valence-corrected chi connectivity index (χ2v) is 8.86. The number of nitrogens with zero attached hydrogens (tertiary/aromatic N) is 3. The molecule has 138 valence electrons. The number of hydrogen-bond donors (Lipinski definition) is 2. The van der Waals surface area contributed by atoms with Crippen LogP contribution < -0.4 is 10.6 Å². The average Bonchev–Trinajstić information content (AvgIpc) is 2.99. The van der Waals surface area contributed by atoms with Crippen molar-refractivity contribution in [2.24, 2.45) is 0 Å². The van der Waals surface area contributed by atoms with Crippen molar-refractivity contribution in [1.82, 2.24) is 20.2 Å². The number of thiophene rings is 1. The van der Waals surface area contributed by atoms with E-state index in [1.54, 1.807) is 20.0 Å². The molecule has 2 N–H and O–H groups in total. The van der Waals surface area contributed by atoms with Gasteiger partial charge in [0.25, 0.3) is 5.91 Å². The summed E-state index contributed by atoms with van der Waals surface area (Å²) < 4.78 is 1.50. The predicted molar refractivity (Wildman–Crippen MR) is 106 cm³/mol. The highest BCUT2D eigenvalue weighted by Crippen LogP contribution is 2.36. The van der Waals surface area contributed by atoms with Crippen LogP contribution in [0.25, 0.3) is 10.6 Å². The second kappa shape index (κ2) is 7.13. The lowest BCUT2D eigenvalue weighted by Crippen LogP contribution is -2.46. The number of hydrogen-bond acceptors (Lipinski definition) is 6. The largest absolute Gasteiger partial charge is 0.352 e. The van der Waals surface area contributed by atoms with Crippen molar-refractivity contribution in [3.63, 3.8) is 0 Å². The molecule has 0 saturated carbocycles. The molecule has 10 heteroatoms. The Morgan fingerprint density at radius 2 is 2.15 bits per heavy atom. The number of carbonyl (C=O) groups is 2. The summed E-state index contributed by atoms with van der Waals surface area (Å²) in [6, 6.07) is 1.59. The summed E-state index contributed by atoms with van der Waals surface area (Å²) in [4.78, 5) is 34.9. The zero-order chi connectivity index (χ0) is 19.1. The van der Waals surface area contributed by atoms with Crippen LogP contribution in [0.1, 0.15) is 19.4 Å². The van der Waals surface area contributed by atoms with Crippen molar-refractivity contribution < 1.29 is 9.59 Å². The monoisotopic (exact) mass is 457 g/mol. The van der Waals surface area contributed by atoms with Crippen LogP contribution in [0.5, 0.6) is 0 Å². The standard InChI is InChI=1S/C16H17BrClN5O2S/c1-8-6-10(26-12(8)18)11-9(17)7-20-14(21-11)19-4-5-23-15(25)22-13(24)16(23,2)3/h6-7H,4-5H2,1-3H3,(H,19,20,21)(H,22,24,25). The lowest BCUT2D eigenvalue weighted by atomic mass is 10.0. The Kier molecular flexibility index (Phi) is 5.23. The highest BCUT2D eigenvalue weighted by molar-refractivity contribution is 9.10. The predicted octanol–water partition coefficient (Wildman–Crippen LogP) is 3.67. The lowest BCUT2D eigenvalue weighted by molar-refractivity contribution is -0.125. The smallest absolute Gasteiger partial charge is 0.325 e. The number of imide groups is 1. The first-order valence-corrected chi connectivity index (χ1v) is 9.84. The Morgan fingerprint density at radius 3 is 2.73 bits per heavy atom. The first kappa shape index (κ1) is 19.1. The van der Waals surface area contributed by atoms with E-state index >= 15 is 0 Å². The van der Waals surface area contributed by atoms with Gasteiger partial charge in [-0.15, -0.1) is 11.3 Å². The third kappa shape index (κ3) is 3.56. The molecule has 1 aliphatic heterocycles. The number of halogens is 2. The Labute approximate surface area is 168 Å². The van der Waals surface area contributed by atoms with Crippen molar-refractivity contribution in [3.05, 3.63) is 26.6 Å². The number of amides is 3. The summed E-state index contributed by atoms with van der Waals surface area (Å²) in [7, 11) is 0. The molecule has 3 heterocycles. The van der Waals surface area contributed by atoms with E-state index < -0.39 is 5.54 Å². The molecule has 0 bridgehead atoms. The topological polar surface area (TPSA) is 87.2 Å². The maximum Gasteiger partial charge on any atom is 0.325 e. The van der Waals surface area contributed by atoms with Crippen molar-refractivity contribution in [2.45, 2.75) is 26.3 Å². The Morgan fingerprint density at radius 1 is 1.42 bits per heavy atom. The van der Waals surface area contributed by atoms with E-state index in [0.29, 0.717) is 19.0 Å². The minimum atomic E-state index is -0.865. The Balaban J connectivity index is 1.70. The Bertz CT molecular complexity index is 866. The molecule has 1 fully saturated rings. The Hall–Kier alpha value is -1.71. The molecule has 2 aromatic heterocycles. The fraction of sp³-hybridized carbons (Fsp3) is 0.375. The number of aromatic nitrogens is 2. The van der Waals surface area contributed by atoms with Crippen LogP contribution in [0.4, 0.5) is 10.7 Å². The molecular weight excluding hydrogens is 442 g/mol. The van der Waals surface area contributed by atoms with E-state index in [1.807, 2.05) is 13.0 Å². The first-order chi connectivity index (χ1) is 12.2. The van der Waals surface area contributed by atoms with E-state index in [0.717, 1.165) is 24.9 Å². The van der Waals surface area contributed by atoms with E-state index in [2.05, 4.69) is 36.5 Å². The summed E-state index contributed by atoms with van der Waals surface area (Å²) >= 11 is 11.1. The molecule has 0 atom stereocenters. The highest BCUT2D eigenvalue weighted by Gasteiger charge is 2.44. The summed E-state index contributed by atoms with van der Waals surface area (Å²) in [5.74, 6) is 0.142. The minimum Gasteiger partial charge on any atom is -0.352 e.